The molecule has 0 aliphatic heterocycles. The predicted molar refractivity (Wildman–Crippen MR) is 54.5 cm³/mol. The van der Waals surface area contributed by atoms with Gasteiger partial charge in [0.25, 0.3) is 0 Å². The first-order chi connectivity index (χ1) is 7.06. The molecule has 0 fully saturated rings. The second-order valence-corrected chi connectivity index (χ2v) is 3.62. The number of nitrogens with zero attached hydrogens (tertiary/aromatic N) is 1. The van der Waals surface area contributed by atoms with E-state index >= 15 is 0 Å². The van der Waals surface area contributed by atoms with Gasteiger partial charge < -0.3 is 5.11 Å². The molecule has 1 N–H and O–H groups in total. The van der Waals surface area contributed by atoms with Crippen LogP contribution in [-0.2, 0) is 6.54 Å². The van der Waals surface area contributed by atoms with Crippen molar-refractivity contribution in [3.8, 4) is 0 Å². The van der Waals surface area contributed by atoms with Gasteiger partial charge >= 0.3 is 0 Å². The van der Waals surface area contributed by atoms with Crippen LogP contribution < -0.4 is 0 Å². The highest BCUT2D eigenvalue weighted by atomic mass is 19.1. The zero-order chi connectivity index (χ0) is 11.4. The average Bonchev–Trinajstić information content (AvgIpc) is 2.19. The van der Waals surface area contributed by atoms with E-state index in [-0.39, 0.29) is 18.7 Å². The maximum absolute atomic E-state index is 13.5. The van der Waals surface area contributed by atoms with E-state index in [4.69, 9.17) is 5.11 Å². The van der Waals surface area contributed by atoms with Gasteiger partial charge in [-0.3, -0.25) is 4.90 Å². The number of hydrogen-bond donors (Lipinski definition) is 1. The molecule has 15 heavy (non-hydrogen) atoms. The van der Waals surface area contributed by atoms with Gasteiger partial charge in [-0.15, -0.1) is 0 Å². The fourth-order valence-electron chi connectivity index (χ4n) is 1.38. The van der Waals surface area contributed by atoms with Gasteiger partial charge in [-0.1, -0.05) is 6.07 Å². The molecule has 0 aliphatic carbocycles. The van der Waals surface area contributed by atoms with Gasteiger partial charge in [-0.2, -0.15) is 0 Å². The highest BCUT2D eigenvalue weighted by Crippen LogP contribution is 2.17. The topological polar surface area (TPSA) is 23.5 Å². The summed E-state index contributed by atoms with van der Waals surface area (Å²) in [5.74, 6) is -1.04. The minimum absolute atomic E-state index is 0.0223. The molecule has 0 radical (unpaired) electrons. The van der Waals surface area contributed by atoms with E-state index in [2.05, 4.69) is 0 Å². The molecule has 0 aliphatic rings. The fraction of sp³-hybridized carbons (Fsp3) is 0.455. The molecule has 1 aromatic rings. The molecule has 4 heteroatoms. The van der Waals surface area contributed by atoms with Crippen LogP contribution in [0.25, 0.3) is 0 Å². The Morgan fingerprint density at radius 2 is 2.00 bits per heavy atom. The Morgan fingerprint density at radius 1 is 1.33 bits per heavy atom. The second-order valence-electron chi connectivity index (χ2n) is 3.62. The molecule has 0 atom stereocenters. The third-order valence-electron chi connectivity index (χ3n) is 2.29. The Morgan fingerprint density at radius 3 is 2.60 bits per heavy atom. The molecule has 0 saturated carbocycles. The smallest absolute Gasteiger partial charge is 0.133 e. The number of likely N-dealkylation sites (N-methyl/N-ethyl adjacent to an activating group) is 1. The summed E-state index contributed by atoms with van der Waals surface area (Å²) >= 11 is 0. The second kappa shape index (κ2) is 5.19. The lowest BCUT2D eigenvalue weighted by molar-refractivity contribution is 0.214. The predicted octanol–water partition coefficient (Wildman–Crippen LogP) is 1.70. The molecule has 0 saturated heterocycles. The monoisotopic (exact) mass is 215 g/mol. The van der Waals surface area contributed by atoms with E-state index in [0.29, 0.717) is 12.1 Å². The van der Waals surface area contributed by atoms with Gasteiger partial charge in [0.05, 0.1) is 6.61 Å². The Kier molecular flexibility index (Phi) is 4.17. The van der Waals surface area contributed by atoms with Crippen molar-refractivity contribution >= 4 is 0 Å². The number of aliphatic hydroxyl groups is 1. The van der Waals surface area contributed by atoms with E-state index in [0.717, 1.165) is 0 Å². The normalized spacial score (nSPS) is 11.1. The standard InChI is InChI=1S/C11H15F2NO/c1-8-3-4-10(12)9(11(8)13)7-14(2)5-6-15/h3-4,15H,5-7H2,1-2H3. The highest BCUT2D eigenvalue weighted by molar-refractivity contribution is 5.26. The molecule has 0 aromatic heterocycles. The zero-order valence-corrected chi connectivity index (χ0v) is 8.93. The number of hydrogen-bond acceptors (Lipinski definition) is 2. The third kappa shape index (κ3) is 2.97. The summed E-state index contributed by atoms with van der Waals surface area (Å²) in [4.78, 5) is 1.67. The Balaban J connectivity index is 2.88. The van der Waals surface area contributed by atoms with Gasteiger partial charge in [0.2, 0.25) is 0 Å². The molecule has 0 heterocycles. The van der Waals surface area contributed by atoms with E-state index in [1.54, 1.807) is 18.9 Å². The van der Waals surface area contributed by atoms with Gasteiger partial charge in [0.1, 0.15) is 11.6 Å². The lowest BCUT2D eigenvalue weighted by Gasteiger charge is -2.16. The third-order valence-corrected chi connectivity index (χ3v) is 2.29. The van der Waals surface area contributed by atoms with Crippen molar-refractivity contribution in [1.82, 2.24) is 4.90 Å². The molecule has 84 valence electrons. The molecular weight excluding hydrogens is 200 g/mol. The largest absolute Gasteiger partial charge is 0.395 e. The minimum Gasteiger partial charge on any atom is -0.395 e. The Hall–Kier alpha value is -1.00. The summed E-state index contributed by atoms with van der Waals surface area (Å²) in [6.07, 6.45) is 0. The summed E-state index contributed by atoms with van der Waals surface area (Å²) in [5, 5.41) is 8.68. The fourth-order valence-corrected chi connectivity index (χ4v) is 1.38. The van der Waals surface area contributed by atoms with Crippen LogP contribution in [-0.4, -0.2) is 30.2 Å². The summed E-state index contributed by atoms with van der Waals surface area (Å²) in [7, 11) is 1.71. The number of aliphatic hydroxyl groups excluding tert-OH is 1. The summed E-state index contributed by atoms with van der Waals surface area (Å²) in [6.45, 7) is 2.14. The molecule has 0 amide bonds. The number of halogens is 2. The summed E-state index contributed by atoms with van der Waals surface area (Å²) in [5.41, 5.74) is 0.495. The van der Waals surface area contributed by atoms with Crippen LogP contribution in [0.1, 0.15) is 11.1 Å². The van der Waals surface area contributed by atoms with Crippen LogP contribution in [0.3, 0.4) is 0 Å². The van der Waals surface area contributed by atoms with Crippen molar-refractivity contribution in [1.29, 1.82) is 0 Å². The lowest BCUT2D eigenvalue weighted by atomic mass is 10.1. The average molecular weight is 215 g/mol. The van der Waals surface area contributed by atoms with Crippen LogP contribution in [0, 0.1) is 18.6 Å². The van der Waals surface area contributed by atoms with Crippen molar-refractivity contribution in [3.05, 3.63) is 34.9 Å². The van der Waals surface area contributed by atoms with Crippen molar-refractivity contribution in [2.24, 2.45) is 0 Å². The van der Waals surface area contributed by atoms with Crippen molar-refractivity contribution in [2.75, 3.05) is 20.2 Å². The van der Waals surface area contributed by atoms with Crippen LogP contribution in [0.5, 0.6) is 0 Å². The molecule has 0 bridgehead atoms. The SMILES string of the molecule is Cc1ccc(F)c(CN(C)CCO)c1F. The van der Waals surface area contributed by atoms with Crippen LogP contribution in [0.15, 0.2) is 12.1 Å². The Bertz CT molecular complexity index is 342. The summed E-state index contributed by atoms with van der Waals surface area (Å²) < 4.78 is 26.8. The first-order valence-corrected chi connectivity index (χ1v) is 4.79. The molecule has 0 spiro atoms. The maximum atomic E-state index is 13.5. The van der Waals surface area contributed by atoms with Crippen molar-refractivity contribution < 1.29 is 13.9 Å². The minimum atomic E-state index is -0.539. The van der Waals surface area contributed by atoms with Crippen molar-refractivity contribution in [2.45, 2.75) is 13.5 Å². The Labute approximate surface area is 88.1 Å². The maximum Gasteiger partial charge on any atom is 0.133 e. The molecular formula is C11H15F2NO. The first-order valence-electron chi connectivity index (χ1n) is 4.79. The molecule has 2 nitrogen and oxygen atoms in total. The van der Waals surface area contributed by atoms with Crippen LogP contribution >= 0.6 is 0 Å². The van der Waals surface area contributed by atoms with E-state index in [1.807, 2.05) is 0 Å². The van der Waals surface area contributed by atoms with Gasteiger partial charge in [0, 0.05) is 18.7 Å². The highest BCUT2D eigenvalue weighted by Gasteiger charge is 2.12. The van der Waals surface area contributed by atoms with E-state index in [1.165, 1.54) is 12.1 Å². The van der Waals surface area contributed by atoms with Gasteiger partial charge in [-0.25, -0.2) is 8.78 Å². The molecule has 0 unspecified atom stereocenters. The van der Waals surface area contributed by atoms with E-state index in [9.17, 15) is 8.78 Å². The number of rotatable bonds is 4. The van der Waals surface area contributed by atoms with Crippen LogP contribution in [0.4, 0.5) is 8.78 Å². The quantitative estimate of drug-likeness (QED) is 0.826. The number of benzene rings is 1. The van der Waals surface area contributed by atoms with Crippen molar-refractivity contribution in [3.63, 3.8) is 0 Å². The zero-order valence-electron chi connectivity index (χ0n) is 8.93. The van der Waals surface area contributed by atoms with Gasteiger partial charge in [0.15, 0.2) is 0 Å². The van der Waals surface area contributed by atoms with Crippen LogP contribution in [0.2, 0.25) is 0 Å². The first kappa shape index (κ1) is 12.1. The lowest BCUT2D eigenvalue weighted by Crippen LogP contribution is -2.23. The molecule has 1 aromatic carbocycles. The number of aryl methyl sites for hydroxylation is 1. The van der Waals surface area contributed by atoms with Gasteiger partial charge in [-0.05, 0) is 25.6 Å². The van der Waals surface area contributed by atoms with E-state index < -0.39 is 11.6 Å². The molecule has 1 rings (SSSR count). The summed E-state index contributed by atoms with van der Waals surface area (Å²) in [6, 6.07) is 2.68.